The van der Waals surface area contributed by atoms with Crippen molar-refractivity contribution in [1.29, 1.82) is 0 Å². The molecule has 1 aromatic heterocycles. The molecule has 5 nitrogen and oxygen atoms in total. The second-order valence-corrected chi connectivity index (χ2v) is 4.97. The fraction of sp³-hybridized carbons (Fsp3) is 0.500. The van der Waals surface area contributed by atoms with Crippen LogP contribution < -0.4 is 5.73 Å². The Hall–Kier alpha value is -1.59. The van der Waals surface area contributed by atoms with Crippen molar-refractivity contribution in [3.05, 3.63) is 24.0 Å². The van der Waals surface area contributed by atoms with E-state index < -0.39 is 0 Å². The zero-order valence-electron chi connectivity index (χ0n) is 11.9. The Bertz CT molecular complexity index is 548. The number of hydrogen-bond donors (Lipinski definition) is 1. The summed E-state index contributed by atoms with van der Waals surface area (Å²) in [5, 5.41) is 0. The number of nitrogen functional groups attached to an aromatic ring is 1. The summed E-state index contributed by atoms with van der Waals surface area (Å²) < 4.78 is 7.80. The molecule has 0 unspecified atom stereocenters. The average Bonchev–Trinajstić information content (AvgIpc) is 2.64. The number of ether oxygens (including phenoxy) is 1. The number of imidazole rings is 1. The fourth-order valence-corrected chi connectivity index (χ4v) is 2.05. The van der Waals surface area contributed by atoms with Gasteiger partial charge in [0.1, 0.15) is 5.82 Å². The molecule has 0 aliphatic rings. The summed E-state index contributed by atoms with van der Waals surface area (Å²) in [6.07, 6.45) is 0. The quantitative estimate of drug-likeness (QED) is 0.633. The molecule has 0 aliphatic carbocycles. The Balaban J connectivity index is 1.98. The van der Waals surface area contributed by atoms with Crippen LogP contribution in [0.1, 0.15) is 5.82 Å². The number of rotatable bonds is 6. The molecule has 19 heavy (non-hydrogen) atoms. The van der Waals surface area contributed by atoms with Crippen LogP contribution in [0.3, 0.4) is 0 Å². The van der Waals surface area contributed by atoms with Gasteiger partial charge in [0, 0.05) is 18.8 Å². The standard InChI is InChI=1S/C14H22N4O/c1-11-16-13-10-12(15)4-5-14(13)18(11)7-9-19-8-6-17(2)3/h4-5,10H,6-9,15H2,1-3H3. The highest BCUT2D eigenvalue weighted by atomic mass is 16.5. The normalized spacial score (nSPS) is 11.6. The van der Waals surface area contributed by atoms with Crippen LogP contribution in [0.2, 0.25) is 0 Å². The number of aryl methyl sites for hydroxylation is 1. The Morgan fingerprint density at radius 2 is 2.11 bits per heavy atom. The minimum absolute atomic E-state index is 0.699. The van der Waals surface area contributed by atoms with Crippen LogP contribution in [0.15, 0.2) is 18.2 Å². The van der Waals surface area contributed by atoms with Gasteiger partial charge in [-0.25, -0.2) is 4.98 Å². The summed E-state index contributed by atoms with van der Waals surface area (Å²) in [7, 11) is 4.09. The molecule has 5 heteroatoms. The van der Waals surface area contributed by atoms with E-state index in [4.69, 9.17) is 10.5 Å². The third kappa shape index (κ3) is 3.45. The molecule has 0 fully saturated rings. The van der Waals surface area contributed by atoms with Gasteiger partial charge < -0.3 is 19.9 Å². The number of benzene rings is 1. The fourth-order valence-electron chi connectivity index (χ4n) is 2.05. The number of hydrogen-bond acceptors (Lipinski definition) is 4. The first-order chi connectivity index (χ1) is 9.08. The number of aromatic nitrogens is 2. The predicted molar refractivity (Wildman–Crippen MR) is 78.3 cm³/mol. The van der Waals surface area contributed by atoms with Crippen molar-refractivity contribution in [2.75, 3.05) is 39.6 Å². The summed E-state index contributed by atoms with van der Waals surface area (Å²) in [5.74, 6) is 0.997. The molecule has 2 N–H and O–H groups in total. The Kier molecular flexibility index (Phi) is 4.39. The second kappa shape index (κ2) is 6.04. The van der Waals surface area contributed by atoms with Gasteiger partial charge >= 0.3 is 0 Å². The van der Waals surface area contributed by atoms with E-state index in [9.17, 15) is 0 Å². The molecule has 0 aliphatic heterocycles. The first kappa shape index (κ1) is 13.8. The Morgan fingerprint density at radius 3 is 2.84 bits per heavy atom. The van der Waals surface area contributed by atoms with Gasteiger partial charge in [0.05, 0.1) is 24.2 Å². The lowest BCUT2D eigenvalue weighted by molar-refractivity contribution is 0.111. The molecule has 2 rings (SSSR count). The van der Waals surface area contributed by atoms with E-state index in [0.717, 1.165) is 42.2 Å². The average molecular weight is 262 g/mol. The van der Waals surface area contributed by atoms with Crippen molar-refractivity contribution in [1.82, 2.24) is 14.5 Å². The molecule has 2 aromatic rings. The van der Waals surface area contributed by atoms with Gasteiger partial charge in [-0.3, -0.25) is 0 Å². The number of nitrogens with zero attached hydrogens (tertiary/aromatic N) is 3. The van der Waals surface area contributed by atoms with Crippen LogP contribution >= 0.6 is 0 Å². The third-order valence-electron chi connectivity index (χ3n) is 3.11. The van der Waals surface area contributed by atoms with Crippen molar-refractivity contribution in [3.63, 3.8) is 0 Å². The van der Waals surface area contributed by atoms with Crippen LogP contribution in [0.25, 0.3) is 11.0 Å². The van der Waals surface area contributed by atoms with Crippen LogP contribution in [0.4, 0.5) is 5.69 Å². The molecule has 0 bridgehead atoms. The first-order valence-electron chi connectivity index (χ1n) is 6.53. The molecule has 104 valence electrons. The maximum absolute atomic E-state index is 5.77. The van der Waals surface area contributed by atoms with Crippen molar-refractivity contribution in [3.8, 4) is 0 Å². The zero-order valence-corrected chi connectivity index (χ0v) is 11.9. The highest BCUT2D eigenvalue weighted by Crippen LogP contribution is 2.18. The van der Waals surface area contributed by atoms with Gasteiger partial charge in [0.2, 0.25) is 0 Å². The van der Waals surface area contributed by atoms with E-state index >= 15 is 0 Å². The molecule has 0 saturated carbocycles. The van der Waals surface area contributed by atoms with Crippen LogP contribution in [-0.4, -0.2) is 48.3 Å². The minimum Gasteiger partial charge on any atom is -0.399 e. The van der Waals surface area contributed by atoms with Crippen molar-refractivity contribution < 1.29 is 4.74 Å². The van der Waals surface area contributed by atoms with Crippen molar-refractivity contribution in [2.45, 2.75) is 13.5 Å². The lowest BCUT2D eigenvalue weighted by Crippen LogP contribution is -2.19. The van der Waals surface area contributed by atoms with Crippen molar-refractivity contribution >= 4 is 16.7 Å². The van der Waals surface area contributed by atoms with Crippen LogP contribution in [0.5, 0.6) is 0 Å². The van der Waals surface area contributed by atoms with Crippen LogP contribution in [-0.2, 0) is 11.3 Å². The summed E-state index contributed by atoms with van der Waals surface area (Å²) in [6.45, 7) is 5.23. The molecule has 0 atom stereocenters. The molecule has 0 amide bonds. The highest BCUT2D eigenvalue weighted by molar-refractivity contribution is 5.79. The van der Waals surface area contributed by atoms with Crippen LogP contribution in [0, 0.1) is 6.92 Å². The summed E-state index contributed by atoms with van der Waals surface area (Å²) in [6, 6.07) is 5.84. The summed E-state index contributed by atoms with van der Waals surface area (Å²) in [5.41, 5.74) is 8.59. The monoisotopic (exact) mass is 262 g/mol. The zero-order chi connectivity index (χ0) is 13.8. The lowest BCUT2D eigenvalue weighted by atomic mass is 10.3. The third-order valence-corrected chi connectivity index (χ3v) is 3.11. The van der Waals surface area contributed by atoms with E-state index in [1.165, 1.54) is 0 Å². The number of fused-ring (bicyclic) bond motifs is 1. The first-order valence-corrected chi connectivity index (χ1v) is 6.53. The molecular formula is C14H22N4O. The molecule has 0 radical (unpaired) electrons. The number of anilines is 1. The van der Waals surface area contributed by atoms with E-state index in [1.54, 1.807) is 0 Å². The SMILES string of the molecule is Cc1nc2cc(N)ccc2n1CCOCCN(C)C. The Labute approximate surface area is 114 Å². The van der Waals surface area contributed by atoms with Gasteiger partial charge in [-0.05, 0) is 39.2 Å². The lowest BCUT2D eigenvalue weighted by Gasteiger charge is -2.11. The molecule has 0 saturated heterocycles. The molecule has 1 heterocycles. The predicted octanol–water partition coefficient (Wildman–Crippen LogP) is 1.51. The molecule has 1 aromatic carbocycles. The minimum atomic E-state index is 0.699. The maximum Gasteiger partial charge on any atom is 0.106 e. The van der Waals surface area contributed by atoms with Crippen molar-refractivity contribution in [2.24, 2.45) is 0 Å². The van der Waals surface area contributed by atoms with E-state index in [1.807, 2.05) is 39.2 Å². The van der Waals surface area contributed by atoms with Gasteiger partial charge in [-0.1, -0.05) is 0 Å². The van der Waals surface area contributed by atoms with E-state index in [2.05, 4.69) is 14.5 Å². The molecular weight excluding hydrogens is 240 g/mol. The largest absolute Gasteiger partial charge is 0.399 e. The Morgan fingerprint density at radius 1 is 1.32 bits per heavy atom. The van der Waals surface area contributed by atoms with Gasteiger partial charge in [-0.15, -0.1) is 0 Å². The molecule has 0 spiro atoms. The topological polar surface area (TPSA) is 56.3 Å². The summed E-state index contributed by atoms with van der Waals surface area (Å²) >= 11 is 0. The van der Waals surface area contributed by atoms with Gasteiger partial charge in [0.25, 0.3) is 0 Å². The maximum atomic E-state index is 5.77. The smallest absolute Gasteiger partial charge is 0.106 e. The van der Waals surface area contributed by atoms with E-state index in [-0.39, 0.29) is 0 Å². The number of likely N-dealkylation sites (N-methyl/N-ethyl adjacent to an activating group) is 1. The number of nitrogens with two attached hydrogens (primary N) is 1. The van der Waals surface area contributed by atoms with Gasteiger partial charge in [0.15, 0.2) is 0 Å². The summed E-state index contributed by atoms with van der Waals surface area (Å²) in [4.78, 5) is 6.63. The highest BCUT2D eigenvalue weighted by Gasteiger charge is 2.07. The van der Waals surface area contributed by atoms with Gasteiger partial charge in [-0.2, -0.15) is 0 Å². The second-order valence-electron chi connectivity index (χ2n) is 4.97. The van der Waals surface area contributed by atoms with E-state index in [0.29, 0.717) is 6.61 Å².